The Bertz CT molecular complexity index is 250. The topological polar surface area (TPSA) is 24.5 Å². The molecule has 2 atom stereocenters. The van der Waals surface area contributed by atoms with Crippen molar-refractivity contribution in [3.8, 4) is 0 Å². The van der Waals surface area contributed by atoms with Gasteiger partial charge in [0.1, 0.15) is 0 Å². The molecule has 2 aliphatic heterocycles. The predicted octanol–water partition coefficient (Wildman–Crippen LogP) is 1.24. The molecule has 92 valence electrons. The standard InChI is InChI=1S/C13H24N2O/c1-15-7-5-13(10-15)12(14-6-8-16-13)9-11-3-2-4-11/h11-12,14H,2-10H2,1H3. The average Bonchev–Trinajstić information content (AvgIpc) is 2.57. The minimum Gasteiger partial charge on any atom is -0.371 e. The van der Waals surface area contributed by atoms with E-state index in [4.69, 9.17) is 4.74 Å². The van der Waals surface area contributed by atoms with Gasteiger partial charge in [-0.3, -0.25) is 0 Å². The lowest BCUT2D eigenvalue weighted by Crippen LogP contribution is -2.60. The molecule has 3 rings (SSSR count). The summed E-state index contributed by atoms with van der Waals surface area (Å²) in [5.41, 5.74) is 0.141. The zero-order valence-corrected chi connectivity index (χ0v) is 10.4. The summed E-state index contributed by atoms with van der Waals surface area (Å²) in [7, 11) is 2.22. The summed E-state index contributed by atoms with van der Waals surface area (Å²) in [5, 5.41) is 3.72. The Morgan fingerprint density at radius 1 is 1.44 bits per heavy atom. The lowest BCUT2D eigenvalue weighted by Gasteiger charge is -2.44. The zero-order chi connectivity index (χ0) is 11.0. The van der Waals surface area contributed by atoms with Crippen LogP contribution in [0.5, 0.6) is 0 Å². The van der Waals surface area contributed by atoms with Gasteiger partial charge in [0.15, 0.2) is 0 Å². The van der Waals surface area contributed by atoms with Gasteiger partial charge in [-0.05, 0) is 25.8 Å². The highest BCUT2D eigenvalue weighted by Gasteiger charge is 2.47. The van der Waals surface area contributed by atoms with Crippen LogP contribution in [0.2, 0.25) is 0 Å². The molecule has 1 aliphatic carbocycles. The largest absolute Gasteiger partial charge is 0.371 e. The third kappa shape index (κ3) is 1.89. The number of hydrogen-bond donors (Lipinski definition) is 1. The Balaban J connectivity index is 1.67. The lowest BCUT2D eigenvalue weighted by molar-refractivity contribution is -0.0944. The van der Waals surface area contributed by atoms with E-state index in [-0.39, 0.29) is 5.60 Å². The summed E-state index contributed by atoms with van der Waals surface area (Å²) in [5.74, 6) is 0.974. The van der Waals surface area contributed by atoms with Crippen molar-refractivity contribution in [1.82, 2.24) is 10.2 Å². The van der Waals surface area contributed by atoms with Crippen molar-refractivity contribution < 1.29 is 4.74 Å². The third-order valence-corrected chi connectivity index (χ3v) is 4.77. The van der Waals surface area contributed by atoms with E-state index in [1.165, 1.54) is 38.6 Å². The molecule has 2 unspecified atom stereocenters. The van der Waals surface area contributed by atoms with E-state index in [9.17, 15) is 0 Å². The van der Waals surface area contributed by atoms with Crippen molar-refractivity contribution in [2.45, 2.75) is 43.7 Å². The zero-order valence-electron chi connectivity index (χ0n) is 10.4. The number of nitrogens with zero attached hydrogens (tertiary/aromatic N) is 1. The van der Waals surface area contributed by atoms with Gasteiger partial charge in [0, 0.05) is 25.7 Å². The van der Waals surface area contributed by atoms with Gasteiger partial charge in [-0.25, -0.2) is 0 Å². The first-order valence-corrected chi connectivity index (χ1v) is 6.84. The van der Waals surface area contributed by atoms with E-state index >= 15 is 0 Å². The Morgan fingerprint density at radius 2 is 2.31 bits per heavy atom. The Morgan fingerprint density at radius 3 is 2.94 bits per heavy atom. The van der Waals surface area contributed by atoms with E-state index in [1.807, 2.05) is 0 Å². The fraction of sp³-hybridized carbons (Fsp3) is 1.00. The SMILES string of the molecule is CN1CCC2(C1)OCCNC2CC1CCC1. The number of nitrogens with one attached hydrogen (secondary N) is 1. The molecule has 0 aromatic heterocycles. The number of hydrogen-bond acceptors (Lipinski definition) is 3. The fourth-order valence-electron chi connectivity index (χ4n) is 3.53. The highest BCUT2D eigenvalue weighted by molar-refractivity contribution is 5.03. The molecule has 2 heterocycles. The molecule has 0 aromatic rings. The Kier molecular flexibility index (Phi) is 2.94. The second-order valence-electron chi connectivity index (χ2n) is 5.94. The molecule has 16 heavy (non-hydrogen) atoms. The highest BCUT2D eigenvalue weighted by atomic mass is 16.5. The van der Waals surface area contributed by atoms with Gasteiger partial charge in [0.05, 0.1) is 12.2 Å². The summed E-state index contributed by atoms with van der Waals surface area (Å²) in [4.78, 5) is 2.42. The van der Waals surface area contributed by atoms with Gasteiger partial charge >= 0.3 is 0 Å². The minimum absolute atomic E-state index is 0.141. The third-order valence-electron chi connectivity index (χ3n) is 4.77. The van der Waals surface area contributed by atoms with Crippen LogP contribution in [0.15, 0.2) is 0 Å². The van der Waals surface area contributed by atoms with Gasteiger partial charge in [0.25, 0.3) is 0 Å². The summed E-state index contributed by atoms with van der Waals surface area (Å²) in [6.07, 6.45) is 6.90. The summed E-state index contributed by atoms with van der Waals surface area (Å²) < 4.78 is 6.17. The summed E-state index contributed by atoms with van der Waals surface area (Å²) in [6.45, 7) is 4.26. The second kappa shape index (κ2) is 4.28. The van der Waals surface area contributed by atoms with Crippen LogP contribution in [0.4, 0.5) is 0 Å². The second-order valence-corrected chi connectivity index (χ2v) is 5.94. The number of likely N-dealkylation sites (tertiary alicyclic amines) is 1. The van der Waals surface area contributed by atoms with Crippen molar-refractivity contribution in [3.05, 3.63) is 0 Å². The van der Waals surface area contributed by atoms with Crippen molar-refractivity contribution in [3.63, 3.8) is 0 Å². The minimum atomic E-state index is 0.141. The number of rotatable bonds is 2. The van der Waals surface area contributed by atoms with Crippen molar-refractivity contribution in [2.24, 2.45) is 5.92 Å². The van der Waals surface area contributed by atoms with Crippen molar-refractivity contribution >= 4 is 0 Å². The van der Waals surface area contributed by atoms with E-state index in [0.717, 1.165) is 25.6 Å². The van der Waals surface area contributed by atoms with E-state index in [0.29, 0.717) is 6.04 Å². The summed E-state index contributed by atoms with van der Waals surface area (Å²) >= 11 is 0. The van der Waals surface area contributed by atoms with Crippen LogP contribution in [0.3, 0.4) is 0 Å². The van der Waals surface area contributed by atoms with Crippen molar-refractivity contribution in [2.75, 3.05) is 33.3 Å². The molecule has 0 amide bonds. The average molecular weight is 224 g/mol. The molecular formula is C13H24N2O. The van der Waals surface area contributed by atoms with Crippen LogP contribution in [0, 0.1) is 5.92 Å². The Hall–Kier alpha value is -0.120. The fourth-order valence-corrected chi connectivity index (χ4v) is 3.53. The van der Waals surface area contributed by atoms with E-state index in [1.54, 1.807) is 0 Å². The van der Waals surface area contributed by atoms with Gasteiger partial charge in [-0.2, -0.15) is 0 Å². The molecule has 0 bridgehead atoms. The molecule has 1 N–H and O–H groups in total. The molecule has 3 fully saturated rings. The molecule has 0 aromatic carbocycles. The predicted molar refractivity (Wildman–Crippen MR) is 64.5 cm³/mol. The monoisotopic (exact) mass is 224 g/mol. The van der Waals surface area contributed by atoms with Gasteiger partial charge < -0.3 is 15.0 Å². The normalized spacial score (nSPS) is 41.4. The lowest BCUT2D eigenvalue weighted by atomic mass is 9.76. The molecule has 2 saturated heterocycles. The molecule has 3 heteroatoms. The molecule has 3 nitrogen and oxygen atoms in total. The Labute approximate surface area is 98.5 Å². The van der Waals surface area contributed by atoms with Crippen LogP contribution in [-0.4, -0.2) is 49.8 Å². The smallest absolute Gasteiger partial charge is 0.0973 e. The number of ether oxygens (including phenoxy) is 1. The van der Waals surface area contributed by atoms with Crippen LogP contribution in [-0.2, 0) is 4.74 Å². The first kappa shape index (κ1) is 11.0. The molecular weight excluding hydrogens is 200 g/mol. The highest BCUT2D eigenvalue weighted by Crippen LogP contribution is 2.38. The molecule has 1 saturated carbocycles. The maximum atomic E-state index is 6.17. The van der Waals surface area contributed by atoms with Gasteiger partial charge in [-0.15, -0.1) is 0 Å². The van der Waals surface area contributed by atoms with Gasteiger partial charge in [0.2, 0.25) is 0 Å². The number of likely N-dealkylation sites (N-methyl/N-ethyl adjacent to an activating group) is 1. The first-order chi connectivity index (χ1) is 7.78. The van der Waals surface area contributed by atoms with Crippen LogP contribution in [0.25, 0.3) is 0 Å². The van der Waals surface area contributed by atoms with E-state index in [2.05, 4.69) is 17.3 Å². The maximum absolute atomic E-state index is 6.17. The van der Waals surface area contributed by atoms with Gasteiger partial charge in [-0.1, -0.05) is 19.3 Å². The quantitative estimate of drug-likeness (QED) is 0.764. The number of morpholine rings is 1. The van der Waals surface area contributed by atoms with Crippen LogP contribution < -0.4 is 5.32 Å². The van der Waals surface area contributed by atoms with E-state index < -0.39 is 0 Å². The van der Waals surface area contributed by atoms with Crippen LogP contribution >= 0.6 is 0 Å². The summed E-state index contributed by atoms with van der Waals surface area (Å²) in [6, 6.07) is 0.608. The van der Waals surface area contributed by atoms with Crippen molar-refractivity contribution in [1.29, 1.82) is 0 Å². The molecule has 0 radical (unpaired) electrons. The molecule has 3 aliphatic rings. The molecule has 1 spiro atoms. The maximum Gasteiger partial charge on any atom is 0.0973 e. The first-order valence-electron chi connectivity index (χ1n) is 6.84. The van der Waals surface area contributed by atoms with Crippen LogP contribution in [0.1, 0.15) is 32.1 Å².